The number of pyridine rings is 2. The zero-order valence-corrected chi connectivity index (χ0v) is 31.0. The van der Waals surface area contributed by atoms with E-state index in [1.807, 2.05) is 24.3 Å². The van der Waals surface area contributed by atoms with Gasteiger partial charge in [-0.05, 0) is 50.2 Å². The van der Waals surface area contributed by atoms with Crippen molar-refractivity contribution in [3.63, 3.8) is 0 Å². The van der Waals surface area contributed by atoms with Crippen LogP contribution in [0.1, 0.15) is 22.5 Å². The van der Waals surface area contributed by atoms with Crippen LogP contribution in [-0.4, -0.2) is 81.9 Å². The number of hydrogen-bond donors (Lipinski definition) is 2. The zero-order valence-electron chi connectivity index (χ0n) is 29.3. The number of aromatic nitrogens is 6. The number of aromatic amines is 2. The number of nitrogens with one attached hydrogen (secondary N) is 2. The number of benzene rings is 2. The molecule has 0 saturated carbocycles. The summed E-state index contributed by atoms with van der Waals surface area (Å²) in [6.45, 7) is 1.88. The minimum Gasteiger partial charge on any atom is -0.491 e. The molecule has 6 rings (SSSR count). The van der Waals surface area contributed by atoms with Crippen molar-refractivity contribution in [1.29, 1.82) is 0 Å². The van der Waals surface area contributed by atoms with Crippen molar-refractivity contribution >= 4 is 45.6 Å². The van der Waals surface area contributed by atoms with E-state index >= 15 is 0 Å². The maximum atomic E-state index is 12.6. The maximum Gasteiger partial charge on any atom is 0.422 e. The number of ether oxygens (including phenoxy) is 5. The first-order valence-electron chi connectivity index (χ1n) is 16.7. The maximum absolute atomic E-state index is 12.6. The molecule has 0 atom stereocenters. The summed E-state index contributed by atoms with van der Waals surface area (Å²) in [7, 11) is 0. The van der Waals surface area contributed by atoms with Crippen LogP contribution in [0.25, 0.3) is 22.1 Å². The van der Waals surface area contributed by atoms with Crippen molar-refractivity contribution < 1.29 is 50.0 Å². The van der Waals surface area contributed by atoms with E-state index in [0.717, 1.165) is 22.1 Å². The molecule has 0 unspecified atom stereocenters. The Bertz CT molecular complexity index is 2060. The number of hydrogen-bond acceptors (Lipinski definition) is 11. The predicted molar refractivity (Wildman–Crippen MR) is 194 cm³/mol. The van der Waals surface area contributed by atoms with E-state index in [0.29, 0.717) is 82.3 Å². The fourth-order valence-electron chi connectivity index (χ4n) is 5.10. The third-order valence-corrected chi connectivity index (χ3v) is 9.62. The first kappa shape index (κ1) is 39.8. The summed E-state index contributed by atoms with van der Waals surface area (Å²) in [5.41, 5.74) is 5.25. The largest absolute Gasteiger partial charge is 0.491 e. The molecule has 11 nitrogen and oxygen atoms in total. The second-order valence-corrected chi connectivity index (χ2v) is 13.8. The Morgan fingerprint density at radius 1 is 0.582 bits per heavy atom. The van der Waals surface area contributed by atoms with Gasteiger partial charge in [-0.1, -0.05) is 23.5 Å². The predicted octanol–water partition coefficient (Wildman–Crippen LogP) is 8.79. The molecule has 0 aliphatic heterocycles. The number of imidazole rings is 2. The van der Waals surface area contributed by atoms with Crippen LogP contribution in [0.5, 0.6) is 23.0 Å². The van der Waals surface area contributed by atoms with Gasteiger partial charge in [0.1, 0.15) is 36.2 Å². The second-order valence-electron chi connectivity index (χ2n) is 11.9. The SMILES string of the molecule is Cc1c(OCC(F)(F)F)ccnc1CSc1nc2ccc(OCCOCCOc3ccc4nc(SCc5nccc(OCC(F)(F)F)c5C)[nH]c4c3)cc2[nH]1. The minimum absolute atomic E-state index is 0.141. The molecule has 0 aliphatic carbocycles. The van der Waals surface area contributed by atoms with Crippen LogP contribution in [0.3, 0.4) is 0 Å². The smallest absolute Gasteiger partial charge is 0.422 e. The Morgan fingerprint density at radius 2 is 1.02 bits per heavy atom. The van der Waals surface area contributed by atoms with Crippen LogP contribution < -0.4 is 18.9 Å². The van der Waals surface area contributed by atoms with E-state index in [1.165, 1.54) is 48.1 Å². The monoisotopic (exact) mass is 808 g/mol. The highest BCUT2D eigenvalue weighted by molar-refractivity contribution is 7.98. The number of nitrogens with zero attached hydrogens (tertiary/aromatic N) is 4. The summed E-state index contributed by atoms with van der Waals surface area (Å²) in [6.07, 6.45) is -6.01. The summed E-state index contributed by atoms with van der Waals surface area (Å²) in [5, 5.41) is 1.25. The molecule has 55 heavy (non-hydrogen) atoms. The van der Waals surface area contributed by atoms with Gasteiger partial charge in [0.2, 0.25) is 0 Å². The zero-order chi connectivity index (χ0) is 39.0. The number of fused-ring (bicyclic) bond motifs is 2. The molecule has 0 spiro atoms. The van der Waals surface area contributed by atoms with Gasteiger partial charge in [0.25, 0.3) is 0 Å². The van der Waals surface area contributed by atoms with Crippen molar-refractivity contribution in [3.8, 4) is 23.0 Å². The summed E-state index contributed by atoms with van der Waals surface area (Å²) in [4.78, 5) is 24.2. The third-order valence-electron chi connectivity index (χ3n) is 7.85. The van der Waals surface area contributed by atoms with E-state index in [4.69, 9.17) is 23.7 Å². The molecular weight excluding hydrogens is 775 g/mol. The number of halogens is 6. The molecule has 0 saturated heterocycles. The fourth-order valence-corrected chi connectivity index (χ4v) is 6.92. The number of rotatable bonds is 18. The van der Waals surface area contributed by atoms with Gasteiger partial charge in [-0.2, -0.15) is 26.3 Å². The summed E-state index contributed by atoms with van der Waals surface area (Å²) in [6, 6.07) is 13.7. The lowest BCUT2D eigenvalue weighted by Gasteiger charge is -2.13. The number of H-pyrrole nitrogens is 2. The van der Waals surface area contributed by atoms with Crippen molar-refractivity contribution in [2.75, 3.05) is 39.6 Å². The van der Waals surface area contributed by atoms with Crippen LogP contribution in [0.4, 0.5) is 26.3 Å². The van der Waals surface area contributed by atoms with Crippen LogP contribution in [-0.2, 0) is 16.2 Å². The summed E-state index contributed by atoms with van der Waals surface area (Å²) < 4.78 is 103. The molecule has 2 N–H and O–H groups in total. The molecule has 6 aromatic rings. The highest BCUT2D eigenvalue weighted by Gasteiger charge is 2.29. The number of thioether (sulfide) groups is 2. The molecule has 292 valence electrons. The Kier molecular flexibility index (Phi) is 12.8. The van der Waals surface area contributed by atoms with E-state index in [-0.39, 0.29) is 11.5 Å². The first-order chi connectivity index (χ1) is 26.3. The van der Waals surface area contributed by atoms with E-state index in [2.05, 4.69) is 29.9 Å². The lowest BCUT2D eigenvalue weighted by atomic mass is 10.2. The molecular formula is C36H34F6N6O5S2. The molecule has 4 aromatic heterocycles. The molecule has 4 heterocycles. The molecule has 0 aliphatic rings. The van der Waals surface area contributed by atoms with Gasteiger partial charge in [-0.25, -0.2) is 9.97 Å². The first-order valence-corrected chi connectivity index (χ1v) is 18.6. The number of alkyl halides is 6. The van der Waals surface area contributed by atoms with Gasteiger partial charge in [0.15, 0.2) is 23.5 Å². The van der Waals surface area contributed by atoms with Crippen LogP contribution in [0.2, 0.25) is 0 Å². The second kappa shape index (κ2) is 17.7. The quantitative estimate of drug-likeness (QED) is 0.0491. The molecule has 2 aromatic carbocycles. The normalized spacial score (nSPS) is 12.1. The van der Waals surface area contributed by atoms with Crippen molar-refractivity contribution in [1.82, 2.24) is 29.9 Å². The minimum atomic E-state index is -4.43. The van der Waals surface area contributed by atoms with Gasteiger partial charge in [0.05, 0.1) is 46.7 Å². The molecule has 0 radical (unpaired) electrons. The van der Waals surface area contributed by atoms with Crippen molar-refractivity contribution in [2.24, 2.45) is 0 Å². The highest BCUT2D eigenvalue weighted by atomic mass is 32.2. The van der Waals surface area contributed by atoms with Crippen molar-refractivity contribution in [2.45, 2.75) is 48.0 Å². The topological polar surface area (TPSA) is 129 Å². The van der Waals surface area contributed by atoms with Gasteiger partial charge in [-0.3, -0.25) is 9.97 Å². The molecule has 0 amide bonds. The average Bonchev–Trinajstić information content (AvgIpc) is 3.74. The van der Waals surface area contributed by atoms with Gasteiger partial charge >= 0.3 is 12.4 Å². The lowest BCUT2D eigenvalue weighted by Crippen LogP contribution is -2.19. The Balaban J connectivity index is 0.901. The van der Waals surface area contributed by atoms with Crippen LogP contribution in [0, 0.1) is 13.8 Å². The summed E-state index contributed by atoms with van der Waals surface area (Å²) in [5.74, 6) is 2.29. The molecule has 0 bridgehead atoms. The third kappa shape index (κ3) is 11.6. The van der Waals surface area contributed by atoms with Crippen LogP contribution in [0.15, 0.2) is 71.2 Å². The fraction of sp³-hybridized carbons (Fsp3) is 0.333. The average molecular weight is 809 g/mol. The van der Waals surface area contributed by atoms with E-state index < -0.39 is 25.6 Å². The molecule has 0 fully saturated rings. The van der Waals surface area contributed by atoms with Gasteiger partial charge in [0, 0.05) is 47.2 Å². The van der Waals surface area contributed by atoms with Crippen molar-refractivity contribution in [3.05, 3.63) is 83.4 Å². The summed E-state index contributed by atoms with van der Waals surface area (Å²) >= 11 is 2.74. The van der Waals surface area contributed by atoms with Gasteiger partial charge in [-0.15, -0.1) is 0 Å². The van der Waals surface area contributed by atoms with E-state index in [9.17, 15) is 26.3 Å². The Hall–Kier alpha value is -4.88. The Morgan fingerprint density at radius 3 is 1.44 bits per heavy atom. The van der Waals surface area contributed by atoms with Crippen LogP contribution >= 0.6 is 23.5 Å². The highest BCUT2D eigenvalue weighted by Crippen LogP contribution is 2.31. The van der Waals surface area contributed by atoms with Gasteiger partial charge < -0.3 is 33.7 Å². The lowest BCUT2D eigenvalue weighted by molar-refractivity contribution is -0.154. The van der Waals surface area contributed by atoms with E-state index in [1.54, 1.807) is 26.0 Å². The molecule has 19 heteroatoms. The standard InChI is InChI=1S/C36H34F6N6O5S2/c1-21-29(43-9-7-31(21)52-19-35(37,38)39)17-54-33-45-25-5-3-23(15-27(25)47-33)50-13-11-49-12-14-51-24-4-6-26-28(16-24)48-34(46-26)55-18-30-22(2)32(8-10-44-30)53-20-36(40,41)42/h3-10,15-16H,11-14,17-20H2,1-2H3,(H,45,47)(H,46,48). The Labute approximate surface area is 318 Å².